The van der Waals surface area contributed by atoms with Gasteiger partial charge in [0.05, 0.1) is 0 Å². The first-order valence-corrected chi connectivity index (χ1v) is 5.88. The minimum Gasteiger partial charge on any atom is -0.489 e. The van der Waals surface area contributed by atoms with E-state index in [9.17, 15) is 4.39 Å². The number of nitrogens with two attached hydrogens (primary N) is 1. The number of rotatable bonds is 4. The number of ether oxygens (including phenoxy) is 1. The van der Waals surface area contributed by atoms with Crippen LogP contribution in [0.3, 0.4) is 0 Å². The van der Waals surface area contributed by atoms with Crippen LogP contribution in [-0.4, -0.2) is 0 Å². The highest BCUT2D eigenvalue weighted by Gasteiger charge is 2.00. The molecule has 1 atom stereocenters. The van der Waals surface area contributed by atoms with E-state index in [1.165, 1.54) is 12.1 Å². The molecule has 2 rings (SSSR count). The maximum Gasteiger partial charge on any atom is 0.123 e. The second-order valence-corrected chi connectivity index (χ2v) is 4.27. The molecule has 2 nitrogen and oxygen atoms in total. The maximum absolute atomic E-state index is 12.7. The van der Waals surface area contributed by atoms with E-state index in [2.05, 4.69) is 0 Å². The smallest absolute Gasteiger partial charge is 0.123 e. The second kappa shape index (κ2) is 5.65. The lowest BCUT2D eigenvalue weighted by Crippen LogP contribution is -2.04. The van der Waals surface area contributed by atoms with Gasteiger partial charge in [-0.15, -0.1) is 0 Å². The molecule has 0 radical (unpaired) electrons. The van der Waals surface area contributed by atoms with E-state index >= 15 is 0 Å². The summed E-state index contributed by atoms with van der Waals surface area (Å²) in [6.07, 6.45) is 0. The van der Waals surface area contributed by atoms with Crippen molar-refractivity contribution < 1.29 is 9.13 Å². The molecule has 0 aliphatic carbocycles. The first-order valence-electron chi connectivity index (χ1n) is 5.88. The van der Waals surface area contributed by atoms with Crippen LogP contribution in [0.1, 0.15) is 24.1 Å². The molecule has 2 aromatic rings. The predicted molar refractivity (Wildman–Crippen MR) is 69.8 cm³/mol. The van der Waals surface area contributed by atoms with Crippen LogP contribution >= 0.6 is 0 Å². The van der Waals surface area contributed by atoms with Gasteiger partial charge in [-0.2, -0.15) is 0 Å². The zero-order chi connectivity index (χ0) is 13.0. The van der Waals surface area contributed by atoms with Gasteiger partial charge in [0.2, 0.25) is 0 Å². The van der Waals surface area contributed by atoms with Crippen LogP contribution in [0.15, 0.2) is 48.5 Å². The lowest BCUT2D eigenvalue weighted by molar-refractivity contribution is 0.306. The quantitative estimate of drug-likeness (QED) is 0.895. The molecule has 0 amide bonds. The first-order chi connectivity index (χ1) is 8.65. The van der Waals surface area contributed by atoms with Crippen molar-refractivity contribution in [2.75, 3.05) is 0 Å². The summed E-state index contributed by atoms with van der Waals surface area (Å²) in [5, 5.41) is 0. The molecular formula is C15H16FNO. The largest absolute Gasteiger partial charge is 0.489 e. The van der Waals surface area contributed by atoms with Gasteiger partial charge in [0.15, 0.2) is 0 Å². The van der Waals surface area contributed by atoms with Crippen molar-refractivity contribution in [3.05, 3.63) is 65.5 Å². The van der Waals surface area contributed by atoms with Crippen molar-refractivity contribution in [3.63, 3.8) is 0 Å². The van der Waals surface area contributed by atoms with E-state index in [0.29, 0.717) is 6.61 Å². The highest BCUT2D eigenvalue weighted by Crippen LogP contribution is 2.17. The summed E-state index contributed by atoms with van der Waals surface area (Å²) in [5.74, 6) is 0.545. The topological polar surface area (TPSA) is 35.2 Å². The van der Waals surface area contributed by atoms with Crippen LogP contribution in [0, 0.1) is 5.82 Å². The Hall–Kier alpha value is -1.87. The molecule has 0 saturated heterocycles. The van der Waals surface area contributed by atoms with Gasteiger partial charge in [0, 0.05) is 6.04 Å². The van der Waals surface area contributed by atoms with Gasteiger partial charge in [-0.1, -0.05) is 24.3 Å². The van der Waals surface area contributed by atoms with Crippen molar-refractivity contribution in [1.29, 1.82) is 0 Å². The van der Waals surface area contributed by atoms with E-state index < -0.39 is 0 Å². The fourth-order valence-corrected chi connectivity index (χ4v) is 1.61. The minimum atomic E-state index is -0.236. The summed E-state index contributed by atoms with van der Waals surface area (Å²) in [5.41, 5.74) is 7.78. The fraction of sp³-hybridized carbons (Fsp3) is 0.200. The summed E-state index contributed by atoms with van der Waals surface area (Å²) in [6, 6.07) is 14.0. The molecule has 2 N–H and O–H groups in total. The van der Waals surface area contributed by atoms with Crippen molar-refractivity contribution in [2.45, 2.75) is 19.6 Å². The van der Waals surface area contributed by atoms with Crippen LogP contribution in [-0.2, 0) is 6.61 Å². The Labute approximate surface area is 106 Å². The summed E-state index contributed by atoms with van der Waals surface area (Å²) in [7, 11) is 0. The van der Waals surface area contributed by atoms with Gasteiger partial charge in [0.25, 0.3) is 0 Å². The predicted octanol–water partition coefficient (Wildman–Crippen LogP) is 3.42. The fourth-order valence-electron chi connectivity index (χ4n) is 1.61. The van der Waals surface area contributed by atoms with Gasteiger partial charge in [-0.05, 0) is 42.3 Å². The Balaban J connectivity index is 1.95. The SMILES string of the molecule is C[C@H](N)c1ccc(OCc2ccc(F)cc2)cc1. The van der Waals surface area contributed by atoms with Gasteiger partial charge < -0.3 is 10.5 Å². The Morgan fingerprint density at radius 1 is 1.06 bits per heavy atom. The minimum absolute atomic E-state index is 0.0242. The van der Waals surface area contributed by atoms with Crippen LogP contribution in [0.2, 0.25) is 0 Å². The highest BCUT2D eigenvalue weighted by atomic mass is 19.1. The monoisotopic (exact) mass is 245 g/mol. The van der Waals surface area contributed by atoms with Gasteiger partial charge in [-0.25, -0.2) is 4.39 Å². The van der Waals surface area contributed by atoms with Crippen molar-refractivity contribution in [2.24, 2.45) is 5.73 Å². The second-order valence-electron chi connectivity index (χ2n) is 4.27. The zero-order valence-electron chi connectivity index (χ0n) is 10.3. The average molecular weight is 245 g/mol. The first kappa shape index (κ1) is 12.6. The molecule has 0 fully saturated rings. The molecule has 0 bridgehead atoms. The van der Waals surface area contributed by atoms with Crippen LogP contribution in [0.5, 0.6) is 5.75 Å². The molecule has 3 heteroatoms. The highest BCUT2D eigenvalue weighted by molar-refractivity contribution is 5.29. The summed E-state index contributed by atoms with van der Waals surface area (Å²) in [6.45, 7) is 2.37. The van der Waals surface area contributed by atoms with Crippen LogP contribution < -0.4 is 10.5 Å². The van der Waals surface area contributed by atoms with Crippen molar-refractivity contribution >= 4 is 0 Å². The molecule has 94 valence electrons. The number of benzene rings is 2. The van der Waals surface area contributed by atoms with Gasteiger partial charge in [0.1, 0.15) is 18.2 Å². The molecule has 0 unspecified atom stereocenters. The lowest BCUT2D eigenvalue weighted by atomic mass is 10.1. The molecular weight excluding hydrogens is 229 g/mol. The molecule has 0 aliphatic rings. The Morgan fingerprint density at radius 3 is 2.22 bits per heavy atom. The van der Waals surface area contributed by atoms with Gasteiger partial charge >= 0.3 is 0 Å². The third kappa shape index (κ3) is 3.31. The van der Waals surface area contributed by atoms with Gasteiger partial charge in [-0.3, -0.25) is 0 Å². The number of halogens is 1. The summed E-state index contributed by atoms with van der Waals surface area (Å²) >= 11 is 0. The molecule has 0 heterocycles. The third-order valence-electron chi connectivity index (χ3n) is 2.72. The van der Waals surface area contributed by atoms with E-state index in [1.54, 1.807) is 12.1 Å². The Bertz CT molecular complexity index is 491. The molecule has 0 aromatic heterocycles. The molecule has 18 heavy (non-hydrogen) atoms. The van der Waals surface area contributed by atoms with E-state index in [-0.39, 0.29) is 11.9 Å². The molecule has 0 saturated carbocycles. The van der Waals surface area contributed by atoms with Crippen molar-refractivity contribution in [1.82, 2.24) is 0 Å². The summed E-state index contributed by atoms with van der Waals surface area (Å²) < 4.78 is 18.3. The normalized spacial score (nSPS) is 12.2. The molecule has 0 aliphatic heterocycles. The van der Waals surface area contributed by atoms with Crippen LogP contribution in [0.4, 0.5) is 4.39 Å². The van der Waals surface area contributed by atoms with Crippen molar-refractivity contribution in [3.8, 4) is 5.75 Å². The van der Waals surface area contributed by atoms with E-state index in [0.717, 1.165) is 16.9 Å². The van der Waals surface area contributed by atoms with E-state index in [4.69, 9.17) is 10.5 Å². The molecule has 2 aromatic carbocycles. The van der Waals surface area contributed by atoms with E-state index in [1.807, 2.05) is 31.2 Å². The Kier molecular flexibility index (Phi) is 3.95. The third-order valence-corrected chi connectivity index (χ3v) is 2.72. The lowest BCUT2D eigenvalue weighted by Gasteiger charge is -2.09. The summed E-state index contributed by atoms with van der Waals surface area (Å²) in [4.78, 5) is 0. The standard InChI is InChI=1S/C15H16FNO/c1-11(17)13-4-8-15(9-5-13)18-10-12-2-6-14(16)7-3-12/h2-9,11H,10,17H2,1H3/t11-/m0/s1. The maximum atomic E-state index is 12.7. The molecule has 0 spiro atoms. The number of hydrogen-bond acceptors (Lipinski definition) is 2. The average Bonchev–Trinajstić information content (AvgIpc) is 2.38. The zero-order valence-corrected chi connectivity index (χ0v) is 10.3. The Morgan fingerprint density at radius 2 is 1.67 bits per heavy atom. The van der Waals surface area contributed by atoms with Crippen LogP contribution in [0.25, 0.3) is 0 Å². The number of hydrogen-bond donors (Lipinski definition) is 1.